The summed E-state index contributed by atoms with van der Waals surface area (Å²) in [6, 6.07) is 7.14. The van der Waals surface area contributed by atoms with Gasteiger partial charge in [0.1, 0.15) is 5.75 Å². The topological polar surface area (TPSA) is 66.0 Å². The molecule has 1 aliphatic rings. The fourth-order valence-electron chi connectivity index (χ4n) is 2.93. The van der Waals surface area contributed by atoms with Crippen molar-refractivity contribution in [1.82, 2.24) is 15.5 Å². The summed E-state index contributed by atoms with van der Waals surface area (Å²) in [4.78, 5) is 18.8. The van der Waals surface area contributed by atoms with E-state index in [1.165, 1.54) is 12.8 Å². The Morgan fingerprint density at radius 2 is 2.17 bits per heavy atom. The highest BCUT2D eigenvalue weighted by Crippen LogP contribution is 2.15. The molecule has 1 fully saturated rings. The van der Waals surface area contributed by atoms with Gasteiger partial charge in [0.05, 0.1) is 7.11 Å². The number of piperidine rings is 1. The van der Waals surface area contributed by atoms with Crippen molar-refractivity contribution in [2.75, 3.05) is 40.3 Å². The first kappa shape index (κ1) is 18.1. The number of rotatable bonds is 5. The Kier molecular flexibility index (Phi) is 6.90. The zero-order valence-corrected chi connectivity index (χ0v) is 14.8. The molecule has 2 rings (SSSR count). The van der Waals surface area contributed by atoms with Crippen LogP contribution in [0.5, 0.6) is 5.75 Å². The number of nitrogens with one attached hydrogen (secondary N) is 2. The van der Waals surface area contributed by atoms with Crippen molar-refractivity contribution >= 4 is 11.9 Å². The molecular formula is C18H28N4O2. The molecule has 1 aromatic rings. The first-order valence-corrected chi connectivity index (χ1v) is 8.52. The zero-order valence-electron chi connectivity index (χ0n) is 14.8. The van der Waals surface area contributed by atoms with Crippen LogP contribution < -0.4 is 15.4 Å². The maximum Gasteiger partial charge on any atom is 0.251 e. The minimum Gasteiger partial charge on any atom is -0.497 e. The second-order valence-electron chi connectivity index (χ2n) is 6.16. The van der Waals surface area contributed by atoms with E-state index in [0.717, 1.165) is 19.0 Å². The molecule has 6 heteroatoms. The van der Waals surface area contributed by atoms with Crippen LogP contribution in [0.15, 0.2) is 29.3 Å². The molecule has 1 aliphatic heterocycles. The second-order valence-corrected chi connectivity index (χ2v) is 6.16. The minimum atomic E-state index is -0.0997. The van der Waals surface area contributed by atoms with Crippen LogP contribution >= 0.6 is 0 Å². The molecule has 2 N–H and O–H groups in total. The number of methoxy groups -OCH3 is 1. The summed E-state index contributed by atoms with van der Waals surface area (Å²) in [7, 11) is 3.39. The van der Waals surface area contributed by atoms with Gasteiger partial charge in [-0.15, -0.1) is 0 Å². The summed E-state index contributed by atoms with van der Waals surface area (Å²) in [6.07, 6.45) is 2.48. The van der Waals surface area contributed by atoms with Crippen molar-refractivity contribution in [3.05, 3.63) is 29.8 Å². The molecule has 6 nitrogen and oxygen atoms in total. The molecule has 0 aromatic heterocycles. The fraction of sp³-hybridized carbons (Fsp3) is 0.556. The monoisotopic (exact) mass is 332 g/mol. The van der Waals surface area contributed by atoms with Gasteiger partial charge >= 0.3 is 0 Å². The molecule has 1 aromatic carbocycles. The number of carbonyl (C=O) groups is 1. The van der Waals surface area contributed by atoms with Gasteiger partial charge < -0.3 is 20.3 Å². The first-order valence-electron chi connectivity index (χ1n) is 8.52. The van der Waals surface area contributed by atoms with Gasteiger partial charge in [-0.1, -0.05) is 13.0 Å². The molecule has 24 heavy (non-hydrogen) atoms. The molecule has 0 spiro atoms. The van der Waals surface area contributed by atoms with E-state index in [2.05, 4.69) is 27.4 Å². The number of hydrogen-bond acceptors (Lipinski definition) is 3. The third kappa shape index (κ3) is 5.15. The van der Waals surface area contributed by atoms with Crippen LogP contribution in [0.2, 0.25) is 0 Å². The van der Waals surface area contributed by atoms with E-state index in [-0.39, 0.29) is 5.91 Å². The third-order valence-electron chi connectivity index (χ3n) is 4.19. The van der Waals surface area contributed by atoms with Gasteiger partial charge in [-0.25, -0.2) is 0 Å². The van der Waals surface area contributed by atoms with E-state index in [1.807, 2.05) is 12.1 Å². The average Bonchev–Trinajstić information content (AvgIpc) is 2.61. The first-order chi connectivity index (χ1) is 11.6. The smallest absolute Gasteiger partial charge is 0.251 e. The number of amides is 1. The van der Waals surface area contributed by atoms with Crippen LogP contribution in [0.3, 0.4) is 0 Å². The normalized spacial score (nSPS) is 18.2. The summed E-state index contributed by atoms with van der Waals surface area (Å²) < 4.78 is 5.14. The lowest BCUT2D eigenvalue weighted by atomic mass is 10.0. The number of aliphatic imine (C=N–C) groups is 1. The Bertz CT molecular complexity index is 574. The van der Waals surface area contributed by atoms with Crippen molar-refractivity contribution in [2.24, 2.45) is 10.9 Å². The number of nitrogens with zero attached hydrogens (tertiary/aromatic N) is 2. The predicted octanol–water partition coefficient (Wildman–Crippen LogP) is 1.73. The highest BCUT2D eigenvalue weighted by Gasteiger charge is 2.18. The van der Waals surface area contributed by atoms with Crippen LogP contribution in [-0.4, -0.2) is 57.1 Å². The molecule has 132 valence electrons. The summed E-state index contributed by atoms with van der Waals surface area (Å²) >= 11 is 0. The van der Waals surface area contributed by atoms with E-state index < -0.39 is 0 Å². The molecular weight excluding hydrogens is 304 g/mol. The molecule has 1 amide bonds. The lowest BCUT2D eigenvalue weighted by Crippen LogP contribution is -2.47. The maximum atomic E-state index is 12.1. The molecule has 1 heterocycles. The highest BCUT2D eigenvalue weighted by atomic mass is 16.5. The van der Waals surface area contributed by atoms with E-state index >= 15 is 0 Å². The quantitative estimate of drug-likeness (QED) is 0.490. The SMILES string of the molecule is CN=C(NCCNC(=O)c1cccc(OC)c1)N1CCCC(C)C1. The Labute approximate surface area is 144 Å². The minimum absolute atomic E-state index is 0.0997. The summed E-state index contributed by atoms with van der Waals surface area (Å²) in [5.41, 5.74) is 0.601. The van der Waals surface area contributed by atoms with Gasteiger partial charge in [-0.05, 0) is 37.0 Å². The number of guanidine groups is 1. The van der Waals surface area contributed by atoms with Gasteiger partial charge in [0.15, 0.2) is 5.96 Å². The van der Waals surface area contributed by atoms with Gasteiger partial charge in [0.25, 0.3) is 5.91 Å². The molecule has 1 saturated heterocycles. The van der Waals surface area contributed by atoms with Gasteiger partial charge in [-0.2, -0.15) is 0 Å². The molecule has 1 unspecified atom stereocenters. The van der Waals surface area contributed by atoms with Crippen LogP contribution in [0.4, 0.5) is 0 Å². The Hall–Kier alpha value is -2.24. The lowest BCUT2D eigenvalue weighted by molar-refractivity contribution is 0.0954. The highest BCUT2D eigenvalue weighted by molar-refractivity contribution is 5.94. The summed E-state index contributed by atoms with van der Waals surface area (Å²) in [5.74, 6) is 2.19. The van der Waals surface area contributed by atoms with E-state index in [1.54, 1.807) is 26.3 Å². The maximum absolute atomic E-state index is 12.1. The van der Waals surface area contributed by atoms with Gasteiger partial charge in [0, 0.05) is 38.8 Å². The fourth-order valence-corrected chi connectivity index (χ4v) is 2.93. The largest absolute Gasteiger partial charge is 0.497 e. The van der Waals surface area contributed by atoms with Gasteiger partial charge in [-0.3, -0.25) is 9.79 Å². The van der Waals surface area contributed by atoms with Gasteiger partial charge in [0.2, 0.25) is 0 Å². The van der Waals surface area contributed by atoms with Crippen molar-refractivity contribution in [3.8, 4) is 5.75 Å². The molecule has 0 aliphatic carbocycles. The number of benzene rings is 1. The lowest BCUT2D eigenvalue weighted by Gasteiger charge is -2.33. The number of likely N-dealkylation sites (tertiary alicyclic amines) is 1. The molecule has 0 saturated carbocycles. The molecule has 0 radical (unpaired) electrons. The van der Waals surface area contributed by atoms with Crippen LogP contribution in [0.25, 0.3) is 0 Å². The van der Waals surface area contributed by atoms with Crippen molar-refractivity contribution < 1.29 is 9.53 Å². The Morgan fingerprint density at radius 3 is 2.88 bits per heavy atom. The third-order valence-corrected chi connectivity index (χ3v) is 4.19. The van der Waals surface area contributed by atoms with Crippen LogP contribution in [-0.2, 0) is 0 Å². The van der Waals surface area contributed by atoms with E-state index in [9.17, 15) is 4.79 Å². The predicted molar refractivity (Wildman–Crippen MR) is 96.7 cm³/mol. The van der Waals surface area contributed by atoms with Crippen LogP contribution in [0.1, 0.15) is 30.1 Å². The number of carbonyl (C=O) groups excluding carboxylic acids is 1. The number of ether oxygens (including phenoxy) is 1. The van der Waals surface area contributed by atoms with E-state index in [0.29, 0.717) is 30.3 Å². The van der Waals surface area contributed by atoms with Crippen molar-refractivity contribution in [1.29, 1.82) is 0 Å². The molecule has 1 atom stereocenters. The van der Waals surface area contributed by atoms with Crippen molar-refractivity contribution in [2.45, 2.75) is 19.8 Å². The molecule has 0 bridgehead atoms. The number of hydrogen-bond donors (Lipinski definition) is 2. The Morgan fingerprint density at radius 1 is 1.38 bits per heavy atom. The Balaban J connectivity index is 1.75. The average molecular weight is 332 g/mol. The second kappa shape index (κ2) is 9.15. The van der Waals surface area contributed by atoms with Crippen LogP contribution in [0, 0.1) is 5.92 Å². The standard InChI is InChI=1S/C18H28N4O2/c1-14-6-5-11-22(13-14)18(19-2)21-10-9-20-17(23)15-7-4-8-16(12-15)24-3/h4,7-8,12,14H,5-6,9-11,13H2,1-3H3,(H,19,21)(H,20,23). The van der Waals surface area contributed by atoms with Crippen molar-refractivity contribution in [3.63, 3.8) is 0 Å². The zero-order chi connectivity index (χ0) is 17.4. The summed E-state index contributed by atoms with van der Waals surface area (Å²) in [6.45, 7) is 5.54. The van der Waals surface area contributed by atoms with E-state index in [4.69, 9.17) is 4.74 Å². The summed E-state index contributed by atoms with van der Waals surface area (Å²) in [5, 5.41) is 6.24.